The van der Waals surface area contributed by atoms with Crippen LogP contribution < -0.4 is 5.32 Å². The van der Waals surface area contributed by atoms with E-state index < -0.39 is 0 Å². The summed E-state index contributed by atoms with van der Waals surface area (Å²) in [5.74, 6) is 1.66. The van der Waals surface area contributed by atoms with Crippen LogP contribution in [-0.2, 0) is 4.79 Å². The lowest BCUT2D eigenvalue weighted by atomic mass is 10.0. The molecule has 0 radical (unpaired) electrons. The van der Waals surface area contributed by atoms with Crippen molar-refractivity contribution in [2.75, 3.05) is 13.2 Å². The zero-order valence-corrected chi connectivity index (χ0v) is 11.8. The molecule has 100 valence electrons. The molecule has 1 heterocycles. The Kier molecular flexibility index (Phi) is 5.96. The Labute approximate surface area is 106 Å². The minimum absolute atomic E-state index is 0.0695. The summed E-state index contributed by atoms with van der Waals surface area (Å²) >= 11 is 0. The Hall–Kier alpha value is -0.570. The highest BCUT2D eigenvalue weighted by atomic mass is 16.2. The molecule has 0 aliphatic carbocycles. The van der Waals surface area contributed by atoms with E-state index >= 15 is 0 Å². The zero-order chi connectivity index (χ0) is 12.8. The van der Waals surface area contributed by atoms with Gasteiger partial charge in [-0.3, -0.25) is 10.1 Å². The highest BCUT2D eigenvalue weighted by Gasteiger charge is 2.30. The van der Waals surface area contributed by atoms with Gasteiger partial charge >= 0.3 is 0 Å². The Morgan fingerprint density at radius 1 is 1.24 bits per heavy atom. The van der Waals surface area contributed by atoms with Crippen LogP contribution in [0.3, 0.4) is 0 Å². The summed E-state index contributed by atoms with van der Waals surface area (Å²) in [4.78, 5) is 14.0. The average Bonchev–Trinajstić information content (AvgIpc) is 2.55. The van der Waals surface area contributed by atoms with Gasteiger partial charge in [0.15, 0.2) is 0 Å². The normalized spacial score (nSPS) is 20.9. The summed E-state index contributed by atoms with van der Waals surface area (Å²) in [6, 6.07) is 0.0695. The Bertz CT molecular complexity index is 238. The molecule has 0 spiro atoms. The van der Waals surface area contributed by atoms with Crippen LogP contribution in [0, 0.1) is 11.8 Å². The van der Waals surface area contributed by atoms with Crippen LogP contribution in [0.4, 0.5) is 0 Å². The SMILES string of the molecule is CC(C)CCCCN1CNC(CC(C)C)C1=O. The van der Waals surface area contributed by atoms with Gasteiger partial charge in [0.05, 0.1) is 12.7 Å². The maximum Gasteiger partial charge on any atom is 0.240 e. The number of amides is 1. The first kappa shape index (κ1) is 14.5. The third-order valence-corrected chi connectivity index (χ3v) is 3.30. The molecule has 0 aromatic rings. The van der Waals surface area contributed by atoms with Crippen LogP contribution in [0.1, 0.15) is 53.4 Å². The van der Waals surface area contributed by atoms with Crippen molar-refractivity contribution in [3.63, 3.8) is 0 Å². The summed E-state index contributed by atoms with van der Waals surface area (Å²) < 4.78 is 0. The van der Waals surface area contributed by atoms with Gasteiger partial charge in [0.1, 0.15) is 0 Å². The van der Waals surface area contributed by atoms with Crippen molar-refractivity contribution in [2.45, 2.75) is 59.4 Å². The van der Waals surface area contributed by atoms with Crippen molar-refractivity contribution in [3.05, 3.63) is 0 Å². The average molecular weight is 240 g/mol. The number of rotatable bonds is 7. The van der Waals surface area contributed by atoms with Crippen molar-refractivity contribution >= 4 is 5.91 Å². The molecule has 1 atom stereocenters. The van der Waals surface area contributed by atoms with E-state index in [1.807, 2.05) is 4.90 Å². The summed E-state index contributed by atoms with van der Waals surface area (Å²) in [6.07, 6.45) is 4.60. The quantitative estimate of drug-likeness (QED) is 0.694. The van der Waals surface area contributed by atoms with Gasteiger partial charge in [-0.1, -0.05) is 40.5 Å². The second kappa shape index (κ2) is 7.00. The number of hydrogen-bond acceptors (Lipinski definition) is 2. The van der Waals surface area contributed by atoms with Gasteiger partial charge in [0.2, 0.25) is 5.91 Å². The van der Waals surface area contributed by atoms with Gasteiger partial charge in [-0.05, 0) is 24.7 Å². The van der Waals surface area contributed by atoms with Crippen molar-refractivity contribution in [3.8, 4) is 0 Å². The number of nitrogens with zero attached hydrogens (tertiary/aromatic N) is 1. The minimum Gasteiger partial charge on any atom is -0.329 e. The van der Waals surface area contributed by atoms with Gasteiger partial charge in [-0.2, -0.15) is 0 Å². The molecule has 1 amide bonds. The van der Waals surface area contributed by atoms with Crippen LogP contribution in [0.2, 0.25) is 0 Å². The third-order valence-electron chi connectivity index (χ3n) is 3.30. The molecule has 0 aromatic heterocycles. The number of nitrogens with one attached hydrogen (secondary N) is 1. The van der Waals surface area contributed by atoms with Crippen LogP contribution in [-0.4, -0.2) is 30.1 Å². The molecular formula is C14H28N2O. The van der Waals surface area contributed by atoms with Gasteiger partial charge in [-0.25, -0.2) is 0 Å². The van der Waals surface area contributed by atoms with E-state index in [2.05, 4.69) is 33.0 Å². The standard InChI is InChI=1S/C14H28N2O/c1-11(2)7-5-6-8-16-10-15-13(14(16)17)9-12(3)4/h11-13,15H,5-10H2,1-4H3. The minimum atomic E-state index is 0.0695. The molecule has 3 heteroatoms. The molecule has 1 aliphatic heterocycles. The van der Waals surface area contributed by atoms with E-state index in [0.29, 0.717) is 11.8 Å². The molecular weight excluding hydrogens is 212 g/mol. The fourth-order valence-electron chi connectivity index (χ4n) is 2.31. The van der Waals surface area contributed by atoms with Crippen LogP contribution in [0.25, 0.3) is 0 Å². The lowest BCUT2D eigenvalue weighted by Gasteiger charge is -2.16. The molecule has 3 nitrogen and oxygen atoms in total. The molecule has 0 aromatic carbocycles. The predicted octanol–water partition coefficient (Wildman–Crippen LogP) is 2.62. The number of carbonyl (C=O) groups excluding carboxylic acids is 1. The Morgan fingerprint density at radius 2 is 1.94 bits per heavy atom. The molecule has 0 saturated carbocycles. The summed E-state index contributed by atoms with van der Waals surface area (Å²) in [6.45, 7) is 10.5. The van der Waals surface area contributed by atoms with Crippen LogP contribution >= 0.6 is 0 Å². The van der Waals surface area contributed by atoms with Crippen molar-refractivity contribution in [1.82, 2.24) is 10.2 Å². The van der Waals surface area contributed by atoms with Crippen molar-refractivity contribution < 1.29 is 4.79 Å². The first-order chi connectivity index (χ1) is 8.00. The van der Waals surface area contributed by atoms with Gasteiger partial charge in [-0.15, -0.1) is 0 Å². The fourth-order valence-corrected chi connectivity index (χ4v) is 2.31. The monoisotopic (exact) mass is 240 g/mol. The predicted molar refractivity (Wildman–Crippen MR) is 71.6 cm³/mol. The van der Waals surface area contributed by atoms with E-state index in [4.69, 9.17) is 0 Å². The fraction of sp³-hybridized carbons (Fsp3) is 0.929. The van der Waals surface area contributed by atoms with Crippen LogP contribution in [0.5, 0.6) is 0 Å². The molecule has 17 heavy (non-hydrogen) atoms. The lowest BCUT2D eigenvalue weighted by molar-refractivity contribution is -0.129. The molecule has 1 aliphatic rings. The largest absolute Gasteiger partial charge is 0.329 e. The smallest absolute Gasteiger partial charge is 0.240 e. The maximum absolute atomic E-state index is 12.0. The van der Waals surface area contributed by atoms with E-state index in [1.165, 1.54) is 12.8 Å². The highest BCUT2D eigenvalue weighted by Crippen LogP contribution is 2.14. The molecule has 0 bridgehead atoms. The van der Waals surface area contributed by atoms with E-state index in [0.717, 1.165) is 32.0 Å². The molecule has 1 unspecified atom stereocenters. The molecule has 1 fully saturated rings. The van der Waals surface area contributed by atoms with Crippen molar-refractivity contribution in [2.24, 2.45) is 11.8 Å². The second-order valence-corrected chi connectivity index (χ2v) is 6.04. The first-order valence-electron chi connectivity index (χ1n) is 7.03. The van der Waals surface area contributed by atoms with Gasteiger partial charge in [0, 0.05) is 6.54 Å². The number of carbonyl (C=O) groups is 1. The number of unbranched alkanes of at least 4 members (excludes halogenated alkanes) is 1. The Balaban J connectivity index is 2.21. The van der Waals surface area contributed by atoms with E-state index in [9.17, 15) is 4.79 Å². The number of hydrogen-bond donors (Lipinski definition) is 1. The first-order valence-corrected chi connectivity index (χ1v) is 7.03. The van der Waals surface area contributed by atoms with E-state index in [-0.39, 0.29) is 6.04 Å². The van der Waals surface area contributed by atoms with Crippen molar-refractivity contribution in [1.29, 1.82) is 0 Å². The zero-order valence-electron chi connectivity index (χ0n) is 11.8. The second-order valence-electron chi connectivity index (χ2n) is 6.04. The van der Waals surface area contributed by atoms with E-state index in [1.54, 1.807) is 0 Å². The van der Waals surface area contributed by atoms with Gasteiger partial charge in [0.25, 0.3) is 0 Å². The summed E-state index contributed by atoms with van der Waals surface area (Å²) in [7, 11) is 0. The third kappa shape index (κ3) is 5.07. The molecule has 1 rings (SSSR count). The highest BCUT2D eigenvalue weighted by molar-refractivity contribution is 5.83. The maximum atomic E-state index is 12.0. The van der Waals surface area contributed by atoms with Gasteiger partial charge < -0.3 is 4.90 Å². The summed E-state index contributed by atoms with van der Waals surface area (Å²) in [5, 5.41) is 3.31. The molecule has 1 N–H and O–H groups in total. The Morgan fingerprint density at radius 3 is 2.53 bits per heavy atom. The molecule has 1 saturated heterocycles. The lowest BCUT2D eigenvalue weighted by Crippen LogP contribution is -2.32. The van der Waals surface area contributed by atoms with Crippen LogP contribution in [0.15, 0.2) is 0 Å². The topological polar surface area (TPSA) is 32.3 Å². The summed E-state index contributed by atoms with van der Waals surface area (Å²) in [5.41, 5.74) is 0.